The quantitative estimate of drug-likeness (QED) is 0.905. The maximum absolute atomic E-state index is 13.0. The van der Waals surface area contributed by atoms with Crippen LogP contribution in [0.2, 0.25) is 0 Å². The molecule has 1 aliphatic rings. The van der Waals surface area contributed by atoms with E-state index in [1.807, 2.05) is 4.90 Å². The highest BCUT2D eigenvalue weighted by Crippen LogP contribution is 2.23. The van der Waals surface area contributed by atoms with Gasteiger partial charge in [-0.2, -0.15) is 0 Å². The Morgan fingerprint density at radius 3 is 2.62 bits per heavy atom. The molecule has 0 spiro atoms. The first-order valence-corrected chi connectivity index (χ1v) is 7.71. The lowest BCUT2D eigenvalue weighted by Crippen LogP contribution is -2.49. The van der Waals surface area contributed by atoms with Crippen LogP contribution in [0.4, 0.5) is 9.18 Å². The van der Waals surface area contributed by atoms with Gasteiger partial charge in [-0.3, -0.25) is 0 Å². The second-order valence-electron chi connectivity index (χ2n) is 6.59. The third-order valence-corrected chi connectivity index (χ3v) is 4.37. The number of piperidine rings is 1. The van der Waals surface area contributed by atoms with E-state index in [0.717, 1.165) is 24.9 Å². The maximum atomic E-state index is 13.0. The van der Waals surface area contributed by atoms with E-state index in [4.69, 9.17) is 0 Å². The minimum absolute atomic E-state index is 0.0115. The summed E-state index contributed by atoms with van der Waals surface area (Å²) in [5, 5.41) is 3.03. The minimum Gasteiger partial charge on any atom is -0.337 e. The number of halogens is 1. The van der Waals surface area contributed by atoms with Crippen LogP contribution in [0, 0.1) is 5.82 Å². The van der Waals surface area contributed by atoms with Crippen molar-refractivity contribution < 1.29 is 9.18 Å². The van der Waals surface area contributed by atoms with E-state index in [9.17, 15) is 9.18 Å². The van der Waals surface area contributed by atoms with Crippen molar-refractivity contribution in [1.82, 2.24) is 10.2 Å². The number of carbonyl (C=O) groups is 1. The number of nitrogens with one attached hydrogen (secondary N) is 1. The number of urea groups is 1. The van der Waals surface area contributed by atoms with Gasteiger partial charge in [0, 0.05) is 24.5 Å². The third kappa shape index (κ3) is 3.96. The second-order valence-corrected chi connectivity index (χ2v) is 6.59. The van der Waals surface area contributed by atoms with Crippen molar-refractivity contribution in [1.29, 1.82) is 0 Å². The van der Waals surface area contributed by atoms with Crippen molar-refractivity contribution in [2.75, 3.05) is 13.1 Å². The monoisotopic (exact) mass is 292 g/mol. The molecule has 1 fully saturated rings. The van der Waals surface area contributed by atoms with Gasteiger partial charge in [0.2, 0.25) is 0 Å². The summed E-state index contributed by atoms with van der Waals surface area (Å²) in [5.74, 6) is -0.235. The predicted octanol–water partition coefficient (Wildman–Crippen LogP) is 3.69. The van der Waals surface area contributed by atoms with Crippen LogP contribution in [-0.4, -0.2) is 30.1 Å². The zero-order chi connectivity index (χ0) is 15.5. The van der Waals surface area contributed by atoms with Crippen molar-refractivity contribution >= 4 is 6.03 Å². The van der Waals surface area contributed by atoms with E-state index in [0.29, 0.717) is 12.6 Å². The number of rotatable bonds is 3. The standard InChI is InChI=1S/C17H25FN2O/c1-13-6-4-5-11-20(13)16(21)19-12-17(2,3)14-7-9-15(18)10-8-14/h7-10,13H,4-6,11-12H2,1-3H3,(H,19,21). The lowest BCUT2D eigenvalue weighted by molar-refractivity contribution is 0.156. The molecule has 0 aromatic heterocycles. The Balaban J connectivity index is 1.94. The van der Waals surface area contributed by atoms with E-state index in [-0.39, 0.29) is 17.3 Å². The second kappa shape index (κ2) is 6.46. The van der Waals surface area contributed by atoms with Crippen molar-refractivity contribution in [3.8, 4) is 0 Å². The van der Waals surface area contributed by atoms with Gasteiger partial charge >= 0.3 is 6.03 Å². The molecule has 4 heteroatoms. The summed E-state index contributed by atoms with van der Waals surface area (Å²) in [4.78, 5) is 14.2. The molecule has 0 aliphatic carbocycles. The highest BCUT2D eigenvalue weighted by Gasteiger charge is 2.26. The smallest absolute Gasteiger partial charge is 0.317 e. The van der Waals surface area contributed by atoms with Crippen LogP contribution in [0.15, 0.2) is 24.3 Å². The maximum Gasteiger partial charge on any atom is 0.317 e. The van der Waals surface area contributed by atoms with Crippen molar-refractivity contribution in [3.05, 3.63) is 35.6 Å². The molecule has 1 N–H and O–H groups in total. The molecule has 1 aromatic carbocycles. The Labute approximate surface area is 126 Å². The molecular formula is C17H25FN2O. The van der Waals surface area contributed by atoms with Crippen molar-refractivity contribution in [2.24, 2.45) is 0 Å². The zero-order valence-electron chi connectivity index (χ0n) is 13.2. The molecule has 0 bridgehead atoms. The molecule has 1 aliphatic heterocycles. The third-order valence-electron chi connectivity index (χ3n) is 4.37. The van der Waals surface area contributed by atoms with E-state index in [1.165, 1.54) is 18.6 Å². The zero-order valence-corrected chi connectivity index (χ0v) is 13.2. The van der Waals surface area contributed by atoms with Gasteiger partial charge in [0.15, 0.2) is 0 Å². The first kappa shape index (κ1) is 15.8. The fraction of sp³-hybridized carbons (Fsp3) is 0.588. The molecule has 1 unspecified atom stereocenters. The number of carbonyl (C=O) groups excluding carboxylic acids is 1. The lowest BCUT2D eigenvalue weighted by Gasteiger charge is -2.35. The van der Waals surface area contributed by atoms with Gasteiger partial charge in [-0.15, -0.1) is 0 Å². The summed E-state index contributed by atoms with van der Waals surface area (Å²) >= 11 is 0. The molecule has 2 rings (SSSR count). The Morgan fingerprint density at radius 2 is 2.00 bits per heavy atom. The molecule has 1 atom stereocenters. The Hall–Kier alpha value is -1.58. The largest absolute Gasteiger partial charge is 0.337 e. The van der Waals surface area contributed by atoms with Crippen molar-refractivity contribution in [3.63, 3.8) is 0 Å². The van der Waals surface area contributed by atoms with Gasteiger partial charge in [-0.1, -0.05) is 26.0 Å². The summed E-state index contributed by atoms with van der Waals surface area (Å²) in [5.41, 5.74) is 0.804. The molecule has 3 nitrogen and oxygen atoms in total. The number of benzene rings is 1. The first-order chi connectivity index (χ1) is 9.90. The molecule has 21 heavy (non-hydrogen) atoms. The predicted molar refractivity (Wildman–Crippen MR) is 82.8 cm³/mol. The highest BCUT2D eigenvalue weighted by molar-refractivity contribution is 5.74. The van der Waals surface area contributed by atoms with Gasteiger partial charge in [-0.05, 0) is 43.9 Å². The summed E-state index contributed by atoms with van der Waals surface area (Å²) in [6.07, 6.45) is 3.36. The number of amides is 2. The summed E-state index contributed by atoms with van der Waals surface area (Å²) in [6.45, 7) is 7.59. The molecule has 0 radical (unpaired) electrons. The van der Waals surface area contributed by atoms with Crippen LogP contribution in [-0.2, 0) is 5.41 Å². The van der Waals surface area contributed by atoms with Gasteiger partial charge in [0.25, 0.3) is 0 Å². The molecule has 1 saturated heterocycles. The topological polar surface area (TPSA) is 32.3 Å². The fourth-order valence-corrected chi connectivity index (χ4v) is 2.80. The molecule has 2 amide bonds. The normalized spacial score (nSPS) is 19.4. The van der Waals surface area contributed by atoms with Crippen LogP contribution in [0.3, 0.4) is 0 Å². The van der Waals surface area contributed by atoms with E-state index in [2.05, 4.69) is 26.1 Å². The number of hydrogen-bond acceptors (Lipinski definition) is 1. The van der Waals surface area contributed by atoms with E-state index < -0.39 is 0 Å². The summed E-state index contributed by atoms with van der Waals surface area (Å²) in [7, 11) is 0. The van der Waals surface area contributed by atoms with Crippen LogP contribution in [0.1, 0.15) is 45.6 Å². The van der Waals surface area contributed by atoms with Gasteiger partial charge in [0.05, 0.1) is 0 Å². The average molecular weight is 292 g/mol. The Morgan fingerprint density at radius 1 is 1.33 bits per heavy atom. The average Bonchev–Trinajstić information content (AvgIpc) is 2.46. The van der Waals surface area contributed by atoms with Crippen LogP contribution < -0.4 is 5.32 Å². The summed E-state index contributed by atoms with van der Waals surface area (Å²) in [6, 6.07) is 6.82. The van der Waals surface area contributed by atoms with Crippen LogP contribution >= 0.6 is 0 Å². The first-order valence-electron chi connectivity index (χ1n) is 7.71. The number of likely N-dealkylation sites (tertiary alicyclic amines) is 1. The Bertz CT molecular complexity index is 484. The fourth-order valence-electron chi connectivity index (χ4n) is 2.80. The molecule has 116 valence electrons. The summed E-state index contributed by atoms with van der Waals surface area (Å²) < 4.78 is 13.0. The Kier molecular flexibility index (Phi) is 4.86. The van der Waals surface area contributed by atoms with E-state index >= 15 is 0 Å². The molecule has 0 saturated carbocycles. The molecule has 1 aromatic rings. The highest BCUT2D eigenvalue weighted by atomic mass is 19.1. The number of hydrogen-bond donors (Lipinski definition) is 1. The van der Waals surface area contributed by atoms with Crippen LogP contribution in [0.5, 0.6) is 0 Å². The van der Waals surface area contributed by atoms with E-state index in [1.54, 1.807) is 12.1 Å². The minimum atomic E-state index is -0.235. The van der Waals surface area contributed by atoms with Crippen molar-refractivity contribution in [2.45, 2.75) is 51.5 Å². The van der Waals surface area contributed by atoms with Gasteiger partial charge < -0.3 is 10.2 Å². The van der Waals surface area contributed by atoms with Gasteiger partial charge in [-0.25, -0.2) is 9.18 Å². The van der Waals surface area contributed by atoms with Gasteiger partial charge in [0.1, 0.15) is 5.82 Å². The van der Waals surface area contributed by atoms with Crippen LogP contribution in [0.25, 0.3) is 0 Å². The molecule has 1 heterocycles. The SMILES string of the molecule is CC1CCCCN1C(=O)NCC(C)(C)c1ccc(F)cc1. The molecular weight excluding hydrogens is 267 g/mol. The lowest BCUT2D eigenvalue weighted by atomic mass is 9.84. The number of nitrogens with zero attached hydrogens (tertiary/aromatic N) is 1.